The van der Waals surface area contributed by atoms with Crippen LogP contribution in [-0.4, -0.2) is 30.2 Å². The number of amides is 1. The third-order valence-corrected chi connectivity index (χ3v) is 6.41. The SMILES string of the molecule is CSc1ccc(CN2CCC(c3cc(NC(=O)C(C)C)ccc3C)CC2)cc1. The van der Waals surface area contributed by atoms with Gasteiger partial charge >= 0.3 is 0 Å². The Kier molecular flexibility index (Phi) is 7.19. The van der Waals surface area contributed by atoms with Crippen molar-refractivity contribution in [3.8, 4) is 0 Å². The van der Waals surface area contributed by atoms with Crippen molar-refractivity contribution in [3.05, 3.63) is 59.2 Å². The van der Waals surface area contributed by atoms with Gasteiger partial charge in [-0.25, -0.2) is 0 Å². The van der Waals surface area contributed by atoms with Gasteiger partial charge < -0.3 is 5.32 Å². The Balaban J connectivity index is 1.60. The maximum Gasteiger partial charge on any atom is 0.226 e. The molecule has 3 nitrogen and oxygen atoms in total. The average molecular weight is 397 g/mol. The number of hydrogen-bond acceptors (Lipinski definition) is 3. The molecule has 28 heavy (non-hydrogen) atoms. The number of aryl methyl sites for hydroxylation is 1. The van der Waals surface area contributed by atoms with Gasteiger partial charge in [-0.1, -0.05) is 32.0 Å². The molecule has 0 radical (unpaired) electrons. The minimum absolute atomic E-state index is 0.00187. The minimum Gasteiger partial charge on any atom is -0.326 e. The molecule has 1 aliphatic rings. The fourth-order valence-electron chi connectivity index (χ4n) is 3.84. The molecule has 0 aliphatic carbocycles. The lowest BCUT2D eigenvalue weighted by Gasteiger charge is -2.33. The molecule has 0 spiro atoms. The van der Waals surface area contributed by atoms with Gasteiger partial charge in [-0.05, 0) is 86.0 Å². The number of likely N-dealkylation sites (tertiary alicyclic amines) is 1. The number of rotatable bonds is 6. The summed E-state index contributed by atoms with van der Waals surface area (Å²) in [5.41, 5.74) is 5.04. The Morgan fingerprint density at radius 3 is 2.43 bits per heavy atom. The van der Waals surface area contributed by atoms with E-state index in [2.05, 4.69) is 59.8 Å². The smallest absolute Gasteiger partial charge is 0.226 e. The quantitative estimate of drug-likeness (QED) is 0.637. The van der Waals surface area contributed by atoms with Crippen molar-refractivity contribution >= 4 is 23.4 Å². The Morgan fingerprint density at radius 1 is 1.14 bits per heavy atom. The molecular formula is C24H32N2OS. The van der Waals surface area contributed by atoms with Crippen LogP contribution in [0.2, 0.25) is 0 Å². The summed E-state index contributed by atoms with van der Waals surface area (Å²) in [5, 5.41) is 3.05. The molecule has 2 aromatic carbocycles. The van der Waals surface area contributed by atoms with Crippen molar-refractivity contribution in [3.63, 3.8) is 0 Å². The van der Waals surface area contributed by atoms with Crippen molar-refractivity contribution in [1.82, 2.24) is 4.90 Å². The first-order chi connectivity index (χ1) is 13.5. The molecule has 0 unspecified atom stereocenters. The van der Waals surface area contributed by atoms with Gasteiger partial charge in [0.05, 0.1) is 0 Å². The lowest BCUT2D eigenvalue weighted by molar-refractivity contribution is -0.118. The number of nitrogens with one attached hydrogen (secondary N) is 1. The zero-order chi connectivity index (χ0) is 20.1. The fraction of sp³-hybridized carbons (Fsp3) is 0.458. The van der Waals surface area contributed by atoms with Gasteiger partial charge in [0.2, 0.25) is 5.91 Å². The van der Waals surface area contributed by atoms with Gasteiger partial charge in [0.15, 0.2) is 0 Å². The Hall–Kier alpha value is -1.78. The van der Waals surface area contributed by atoms with E-state index in [1.165, 1.54) is 34.4 Å². The van der Waals surface area contributed by atoms with Gasteiger partial charge in [-0.15, -0.1) is 11.8 Å². The van der Waals surface area contributed by atoms with Gasteiger partial charge in [-0.3, -0.25) is 9.69 Å². The predicted molar refractivity (Wildman–Crippen MR) is 120 cm³/mol. The molecule has 1 amide bonds. The van der Waals surface area contributed by atoms with Crippen LogP contribution in [0.4, 0.5) is 5.69 Å². The first-order valence-electron chi connectivity index (χ1n) is 10.2. The van der Waals surface area contributed by atoms with Crippen molar-refractivity contribution in [2.75, 3.05) is 24.7 Å². The summed E-state index contributed by atoms with van der Waals surface area (Å²) in [7, 11) is 0. The second-order valence-corrected chi connectivity index (χ2v) is 8.99. The number of thioether (sulfide) groups is 1. The van der Waals surface area contributed by atoms with E-state index in [1.807, 2.05) is 19.9 Å². The molecule has 0 atom stereocenters. The van der Waals surface area contributed by atoms with E-state index in [1.54, 1.807) is 11.8 Å². The topological polar surface area (TPSA) is 32.3 Å². The number of piperidine rings is 1. The number of carbonyl (C=O) groups excluding carboxylic acids is 1. The maximum atomic E-state index is 12.0. The van der Waals surface area contributed by atoms with Crippen LogP contribution < -0.4 is 5.32 Å². The molecule has 1 N–H and O–H groups in total. The molecule has 4 heteroatoms. The average Bonchev–Trinajstić information content (AvgIpc) is 2.70. The van der Waals surface area contributed by atoms with Crippen molar-refractivity contribution in [2.24, 2.45) is 5.92 Å². The zero-order valence-electron chi connectivity index (χ0n) is 17.5. The van der Waals surface area contributed by atoms with Crippen LogP contribution in [0.15, 0.2) is 47.4 Å². The molecule has 0 aromatic heterocycles. The second kappa shape index (κ2) is 9.62. The molecule has 1 saturated heterocycles. The van der Waals surface area contributed by atoms with Gasteiger partial charge in [0.1, 0.15) is 0 Å². The van der Waals surface area contributed by atoms with E-state index in [9.17, 15) is 4.79 Å². The second-order valence-electron chi connectivity index (χ2n) is 8.11. The lowest BCUT2D eigenvalue weighted by atomic mass is 9.86. The summed E-state index contributed by atoms with van der Waals surface area (Å²) < 4.78 is 0. The standard InChI is InChI=1S/C24H32N2OS/c1-17(2)24(27)25-21-8-5-18(3)23(15-21)20-11-13-26(14-12-20)16-19-6-9-22(28-4)10-7-19/h5-10,15,17,20H,11-14,16H2,1-4H3,(H,25,27). The van der Waals surface area contributed by atoms with E-state index in [4.69, 9.17) is 0 Å². The Bertz CT molecular complexity index is 793. The summed E-state index contributed by atoms with van der Waals surface area (Å²) in [5.74, 6) is 0.654. The lowest BCUT2D eigenvalue weighted by Crippen LogP contribution is -2.32. The van der Waals surface area contributed by atoms with E-state index >= 15 is 0 Å². The molecule has 150 valence electrons. The summed E-state index contributed by atoms with van der Waals surface area (Å²) in [6, 6.07) is 15.3. The van der Waals surface area contributed by atoms with Crippen LogP contribution in [0.5, 0.6) is 0 Å². The first kappa shape index (κ1) is 20.9. The molecule has 1 fully saturated rings. The highest BCUT2D eigenvalue weighted by Crippen LogP contribution is 2.32. The number of carbonyl (C=O) groups is 1. The number of anilines is 1. The third kappa shape index (κ3) is 5.39. The summed E-state index contributed by atoms with van der Waals surface area (Å²) in [6.07, 6.45) is 4.46. The Morgan fingerprint density at radius 2 is 1.82 bits per heavy atom. The third-order valence-electron chi connectivity index (χ3n) is 5.66. The highest BCUT2D eigenvalue weighted by molar-refractivity contribution is 7.98. The molecule has 2 aromatic rings. The summed E-state index contributed by atoms with van der Waals surface area (Å²) in [6.45, 7) is 9.31. The molecule has 1 heterocycles. The van der Waals surface area contributed by atoms with Gasteiger partial charge in [-0.2, -0.15) is 0 Å². The fourth-order valence-corrected chi connectivity index (χ4v) is 4.24. The summed E-state index contributed by atoms with van der Waals surface area (Å²) >= 11 is 1.79. The molecular weight excluding hydrogens is 364 g/mol. The molecule has 0 saturated carbocycles. The number of nitrogens with zero attached hydrogens (tertiary/aromatic N) is 1. The Labute approximate surface area is 173 Å². The van der Waals surface area contributed by atoms with Crippen molar-refractivity contribution in [2.45, 2.75) is 51.0 Å². The van der Waals surface area contributed by atoms with Crippen LogP contribution in [0.25, 0.3) is 0 Å². The van der Waals surface area contributed by atoms with Crippen LogP contribution >= 0.6 is 11.8 Å². The van der Waals surface area contributed by atoms with Crippen LogP contribution in [-0.2, 0) is 11.3 Å². The zero-order valence-corrected chi connectivity index (χ0v) is 18.3. The van der Waals surface area contributed by atoms with E-state index in [0.29, 0.717) is 5.92 Å². The van der Waals surface area contributed by atoms with E-state index in [-0.39, 0.29) is 11.8 Å². The van der Waals surface area contributed by atoms with Crippen molar-refractivity contribution in [1.29, 1.82) is 0 Å². The summed E-state index contributed by atoms with van der Waals surface area (Å²) in [4.78, 5) is 15.9. The van der Waals surface area contributed by atoms with E-state index in [0.717, 1.165) is 25.3 Å². The predicted octanol–water partition coefficient (Wildman–Crippen LogP) is 5.69. The minimum atomic E-state index is -0.00187. The highest BCUT2D eigenvalue weighted by Gasteiger charge is 2.22. The number of hydrogen-bond donors (Lipinski definition) is 1. The van der Waals surface area contributed by atoms with Crippen LogP contribution in [0.1, 0.15) is 49.3 Å². The van der Waals surface area contributed by atoms with Crippen LogP contribution in [0.3, 0.4) is 0 Å². The highest BCUT2D eigenvalue weighted by atomic mass is 32.2. The number of benzene rings is 2. The largest absolute Gasteiger partial charge is 0.326 e. The van der Waals surface area contributed by atoms with Gasteiger partial charge in [0.25, 0.3) is 0 Å². The van der Waals surface area contributed by atoms with E-state index < -0.39 is 0 Å². The van der Waals surface area contributed by atoms with Crippen molar-refractivity contribution < 1.29 is 4.79 Å². The van der Waals surface area contributed by atoms with Crippen LogP contribution in [0, 0.1) is 12.8 Å². The normalized spacial score (nSPS) is 15.8. The van der Waals surface area contributed by atoms with Gasteiger partial charge in [0, 0.05) is 23.0 Å². The monoisotopic (exact) mass is 396 g/mol. The molecule has 1 aliphatic heterocycles. The molecule has 3 rings (SSSR count). The molecule has 0 bridgehead atoms. The first-order valence-corrected chi connectivity index (χ1v) is 11.5. The maximum absolute atomic E-state index is 12.0.